The average molecular weight is 432 g/mol. The standard InChI is InChI=1S/C25H24N2O5/c1-2-31-22-13-6-5-11-20(22)26-23(28)16-32-25(30)18-14-24(29)27(15-18)21-12-7-9-17-8-3-4-10-19(17)21/h3-13,18H,2,14-16H2,1H3,(H,26,28)/t18-/m1/s1. The average Bonchev–Trinajstić information content (AvgIpc) is 3.20. The van der Waals surface area contributed by atoms with E-state index in [4.69, 9.17) is 9.47 Å². The number of anilines is 2. The summed E-state index contributed by atoms with van der Waals surface area (Å²) in [6, 6.07) is 20.6. The highest BCUT2D eigenvalue weighted by Gasteiger charge is 2.36. The molecule has 1 atom stereocenters. The molecule has 7 nitrogen and oxygen atoms in total. The zero-order valence-electron chi connectivity index (χ0n) is 17.7. The molecule has 2 amide bonds. The number of hydrogen-bond acceptors (Lipinski definition) is 5. The topological polar surface area (TPSA) is 84.9 Å². The molecular weight excluding hydrogens is 408 g/mol. The molecule has 1 fully saturated rings. The largest absolute Gasteiger partial charge is 0.492 e. The Labute approximate surface area is 185 Å². The van der Waals surface area contributed by atoms with Crippen LogP contribution in [0.1, 0.15) is 13.3 Å². The van der Waals surface area contributed by atoms with Gasteiger partial charge in [0.1, 0.15) is 5.75 Å². The summed E-state index contributed by atoms with van der Waals surface area (Å²) in [5.41, 5.74) is 1.28. The summed E-state index contributed by atoms with van der Waals surface area (Å²) in [6.07, 6.45) is 0.0524. The summed E-state index contributed by atoms with van der Waals surface area (Å²) in [6.45, 7) is 2.11. The van der Waals surface area contributed by atoms with Gasteiger partial charge in [0.15, 0.2) is 6.61 Å². The fourth-order valence-electron chi connectivity index (χ4n) is 3.83. The van der Waals surface area contributed by atoms with Crippen molar-refractivity contribution in [3.8, 4) is 5.75 Å². The van der Waals surface area contributed by atoms with Gasteiger partial charge in [-0.1, -0.05) is 48.5 Å². The monoisotopic (exact) mass is 432 g/mol. The van der Waals surface area contributed by atoms with E-state index in [9.17, 15) is 14.4 Å². The Bertz CT molecular complexity index is 1150. The molecule has 3 aromatic rings. The van der Waals surface area contributed by atoms with Crippen molar-refractivity contribution in [1.82, 2.24) is 0 Å². The fraction of sp³-hybridized carbons (Fsp3) is 0.240. The van der Waals surface area contributed by atoms with Gasteiger partial charge in [0.05, 0.1) is 23.9 Å². The molecule has 1 aliphatic heterocycles. The molecule has 1 heterocycles. The Morgan fingerprint density at radius 3 is 2.62 bits per heavy atom. The molecule has 0 aliphatic carbocycles. The minimum Gasteiger partial charge on any atom is -0.492 e. The minimum absolute atomic E-state index is 0.0524. The molecular formula is C25H24N2O5. The molecule has 0 saturated carbocycles. The molecule has 3 aromatic carbocycles. The van der Waals surface area contributed by atoms with Crippen molar-refractivity contribution in [2.24, 2.45) is 5.92 Å². The Hall–Kier alpha value is -3.87. The molecule has 32 heavy (non-hydrogen) atoms. The Balaban J connectivity index is 1.37. The third-order valence-corrected chi connectivity index (χ3v) is 5.32. The number of amides is 2. The predicted octanol–water partition coefficient (Wildman–Crippen LogP) is 3.77. The van der Waals surface area contributed by atoms with E-state index in [0.717, 1.165) is 16.5 Å². The second kappa shape index (κ2) is 9.51. The number of ether oxygens (including phenoxy) is 2. The number of benzene rings is 3. The van der Waals surface area contributed by atoms with Crippen LogP contribution in [0.25, 0.3) is 10.8 Å². The third-order valence-electron chi connectivity index (χ3n) is 5.32. The number of hydrogen-bond donors (Lipinski definition) is 1. The number of nitrogens with zero attached hydrogens (tertiary/aromatic N) is 1. The number of rotatable bonds is 7. The van der Waals surface area contributed by atoms with E-state index in [-0.39, 0.29) is 18.9 Å². The van der Waals surface area contributed by atoms with Crippen LogP contribution in [0, 0.1) is 5.92 Å². The predicted molar refractivity (Wildman–Crippen MR) is 122 cm³/mol. The summed E-state index contributed by atoms with van der Waals surface area (Å²) in [5.74, 6) is -1.25. The van der Waals surface area contributed by atoms with Crippen LogP contribution in [0.2, 0.25) is 0 Å². The highest BCUT2D eigenvalue weighted by atomic mass is 16.5. The van der Waals surface area contributed by atoms with Crippen molar-refractivity contribution in [1.29, 1.82) is 0 Å². The van der Waals surface area contributed by atoms with Crippen molar-refractivity contribution in [3.63, 3.8) is 0 Å². The van der Waals surface area contributed by atoms with E-state index < -0.39 is 24.4 Å². The Kier molecular flexibility index (Phi) is 6.35. The molecule has 0 unspecified atom stereocenters. The van der Waals surface area contributed by atoms with Gasteiger partial charge in [-0.05, 0) is 30.5 Å². The van der Waals surface area contributed by atoms with Gasteiger partial charge in [-0.3, -0.25) is 14.4 Å². The molecule has 0 radical (unpaired) electrons. The van der Waals surface area contributed by atoms with Crippen LogP contribution in [0.5, 0.6) is 5.75 Å². The third kappa shape index (κ3) is 4.56. The van der Waals surface area contributed by atoms with Gasteiger partial charge in [0.2, 0.25) is 5.91 Å². The summed E-state index contributed by atoms with van der Waals surface area (Å²) < 4.78 is 10.7. The van der Waals surface area contributed by atoms with E-state index in [1.54, 1.807) is 29.2 Å². The highest BCUT2D eigenvalue weighted by Crippen LogP contribution is 2.32. The van der Waals surface area contributed by atoms with Gasteiger partial charge in [-0.2, -0.15) is 0 Å². The SMILES string of the molecule is CCOc1ccccc1NC(=O)COC(=O)[C@@H]1CC(=O)N(c2cccc3ccccc23)C1. The van der Waals surface area contributed by atoms with Crippen molar-refractivity contribution >= 4 is 39.9 Å². The smallest absolute Gasteiger partial charge is 0.311 e. The quantitative estimate of drug-likeness (QED) is 0.575. The van der Waals surface area contributed by atoms with Gasteiger partial charge in [0.25, 0.3) is 5.91 Å². The van der Waals surface area contributed by atoms with Crippen LogP contribution in [0.3, 0.4) is 0 Å². The van der Waals surface area contributed by atoms with Crippen LogP contribution >= 0.6 is 0 Å². The van der Waals surface area contributed by atoms with E-state index >= 15 is 0 Å². The zero-order chi connectivity index (χ0) is 22.5. The molecule has 1 aliphatic rings. The Morgan fingerprint density at radius 2 is 1.78 bits per heavy atom. The second-order valence-electron chi connectivity index (χ2n) is 7.49. The van der Waals surface area contributed by atoms with E-state index in [1.807, 2.05) is 49.4 Å². The minimum atomic E-state index is -0.620. The van der Waals surface area contributed by atoms with Crippen LogP contribution in [-0.2, 0) is 19.1 Å². The first kappa shape index (κ1) is 21.4. The molecule has 0 bridgehead atoms. The van der Waals surface area contributed by atoms with Crippen LogP contribution in [0.4, 0.5) is 11.4 Å². The molecule has 1 N–H and O–H groups in total. The second-order valence-corrected chi connectivity index (χ2v) is 7.49. The normalized spacial score (nSPS) is 15.6. The van der Waals surface area contributed by atoms with Crippen LogP contribution in [0.15, 0.2) is 66.7 Å². The maximum atomic E-state index is 12.6. The lowest BCUT2D eigenvalue weighted by atomic mass is 10.1. The van der Waals surface area contributed by atoms with Crippen LogP contribution in [-0.4, -0.2) is 37.5 Å². The van der Waals surface area contributed by atoms with Gasteiger partial charge < -0.3 is 19.7 Å². The lowest BCUT2D eigenvalue weighted by Gasteiger charge is -2.19. The molecule has 0 aromatic heterocycles. The first-order chi connectivity index (χ1) is 15.6. The van der Waals surface area contributed by atoms with Crippen molar-refractivity contribution in [2.45, 2.75) is 13.3 Å². The molecule has 7 heteroatoms. The lowest BCUT2D eigenvalue weighted by Crippen LogP contribution is -2.28. The maximum Gasteiger partial charge on any atom is 0.311 e. The zero-order valence-corrected chi connectivity index (χ0v) is 17.7. The first-order valence-corrected chi connectivity index (χ1v) is 10.5. The summed E-state index contributed by atoms with van der Waals surface area (Å²) in [7, 11) is 0. The van der Waals surface area contributed by atoms with Crippen LogP contribution < -0.4 is 15.0 Å². The van der Waals surface area contributed by atoms with Gasteiger partial charge in [-0.15, -0.1) is 0 Å². The van der Waals surface area contributed by atoms with Gasteiger partial charge >= 0.3 is 5.97 Å². The number of nitrogens with one attached hydrogen (secondary N) is 1. The van der Waals surface area contributed by atoms with Gasteiger partial charge in [0, 0.05) is 18.4 Å². The van der Waals surface area contributed by atoms with Crippen molar-refractivity contribution in [2.75, 3.05) is 30.0 Å². The highest BCUT2D eigenvalue weighted by molar-refractivity contribution is 6.06. The molecule has 4 rings (SSSR count). The number of carbonyl (C=O) groups excluding carboxylic acids is 3. The van der Waals surface area contributed by atoms with Gasteiger partial charge in [-0.25, -0.2) is 0 Å². The molecule has 1 saturated heterocycles. The summed E-state index contributed by atoms with van der Waals surface area (Å²) >= 11 is 0. The summed E-state index contributed by atoms with van der Waals surface area (Å²) in [4.78, 5) is 39.1. The van der Waals surface area contributed by atoms with E-state index in [2.05, 4.69) is 5.32 Å². The lowest BCUT2D eigenvalue weighted by molar-refractivity contribution is -0.151. The molecule has 0 spiro atoms. The number of fused-ring (bicyclic) bond motifs is 1. The summed E-state index contributed by atoms with van der Waals surface area (Å²) in [5, 5.41) is 4.66. The number of para-hydroxylation sites is 2. The fourth-order valence-corrected chi connectivity index (χ4v) is 3.83. The first-order valence-electron chi connectivity index (χ1n) is 10.5. The maximum absolute atomic E-state index is 12.6. The molecule has 164 valence electrons. The van der Waals surface area contributed by atoms with E-state index in [1.165, 1.54) is 0 Å². The number of esters is 1. The van der Waals surface area contributed by atoms with E-state index in [0.29, 0.717) is 18.0 Å². The van der Waals surface area contributed by atoms with Crippen molar-refractivity contribution < 1.29 is 23.9 Å². The van der Waals surface area contributed by atoms with Crippen molar-refractivity contribution in [3.05, 3.63) is 66.7 Å². The Morgan fingerprint density at radius 1 is 1.03 bits per heavy atom. The number of carbonyl (C=O) groups is 3.